The first-order valence-corrected chi connectivity index (χ1v) is 5.13. The summed E-state index contributed by atoms with van der Waals surface area (Å²) in [5.41, 5.74) is 0. The van der Waals surface area contributed by atoms with Gasteiger partial charge in [0.15, 0.2) is 0 Å². The van der Waals surface area contributed by atoms with E-state index in [1.54, 1.807) is 7.05 Å². The highest BCUT2D eigenvalue weighted by molar-refractivity contribution is 7.85. The van der Waals surface area contributed by atoms with Crippen molar-refractivity contribution in [2.75, 3.05) is 18.6 Å². The van der Waals surface area contributed by atoms with Gasteiger partial charge in [0, 0.05) is 22.3 Å². The maximum Gasteiger partial charge on any atom is 0.147 e. The third-order valence-corrected chi connectivity index (χ3v) is 2.86. The molecule has 4 heteroatoms. The minimum Gasteiger partial charge on any atom is -0.310 e. The second kappa shape index (κ2) is 5.43. The van der Waals surface area contributed by atoms with Crippen molar-refractivity contribution < 1.29 is 9.00 Å². The number of hydrogen-bond donors (Lipinski definition) is 1. The third kappa shape index (κ3) is 4.27. The molecule has 2 unspecified atom stereocenters. The monoisotopic (exact) mass is 177 g/mol. The van der Waals surface area contributed by atoms with E-state index >= 15 is 0 Å². The maximum atomic E-state index is 11.0. The number of Topliss-reactive ketones (excluding diaryl/α,β-unsaturated/α-hetero) is 1. The fourth-order valence-corrected chi connectivity index (χ4v) is 1.72. The zero-order chi connectivity index (χ0) is 8.85. The summed E-state index contributed by atoms with van der Waals surface area (Å²) in [6.07, 6.45) is 0. The molecule has 0 spiro atoms. The SMILES string of the molecule is CCS(=O)CC(NC)C(C)=O. The number of rotatable bonds is 5. The second-order valence-electron chi connectivity index (χ2n) is 2.35. The standard InChI is InChI=1S/C7H15NO2S/c1-4-11(10)5-7(8-3)6(2)9/h7-8H,4-5H2,1-3H3. The molecule has 0 aliphatic carbocycles. The molecule has 0 aromatic heterocycles. The van der Waals surface area contributed by atoms with Crippen molar-refractivity contribution in [3.8, 4) is 0 Å². The summed E-state index contributed by atoms with van der Waals surface area (Å²) < 4.78 is 11.0. The van der Waals surface area contributed by atoms with Crippen LogP contribution in [-0.2, 0) is 15.6 Å². The van der Waals surface area contributed by atoms with Crippen LogP contribution >= 0.6 is 0 Å². The van der Waals surface area contributed by atoms with Gasteiger partial charge < -0.3 is 5.32 Å². The second-order valence-corrected chi connectivity index (χ2v) is 4.14. The Kier molecular flexibility index (Phi) is 5.32. The molecule has 66 valence electrons. The van der Waals surface area contributed by atoms with Crippen LogP contribution in [0.1, 0.15) is 13.8 Å². The Morgan fingerprint density at radius 1 is 1.64 bits per heavy atom. The van der Waals surface area contributed by atoms with Crippen molar-refractivity contribution in [2.24, 2.45) is 0 Å². The molecule has 0 heterocycles. The maximum absolute atomic E-state index is 11.0. The number of nitrogens with one attached hydrogen (secondary N) is 1. The predicted octanol–water partition coefficient (Wildman–Crippen LogP) is -0.0680. The lowest BCUT2D eigenvalue weighted by atomic mass is 10.2. The minimum absolute atomic E-state index is 0.0503. The van der Waals surface area contributed by atoms with E-state index in [9.17, 15) is 9.00 Å². The Balaban J connectivity index is 3.88. The van der Waals surface area contributed by atoms with Crippen molar-refractivity contribution in [3.63, 3.8) is 0 Å². The lowest BCUT2D eigenvalue weighted by Crippen LogP contribution is -2.37. The number of hydrogen-bond acceptors (Lipinski definition) is 3. The van der Waals surface area contributed by atoms with Crippen LogP contribution in [0.2, 0.25) is 0 Å². The molecule has 0 rings (SSSR count). The molecular weight excluding hydrogens is 162 g/mol. The average Bonchev–Trinajstić information content (AvgIpc) is 1.99. The molecule has 11 heavy (non-hydrogen) atoms. The molecule has 0 fully saturated rings. The Bertz CT molecular complexity index is 159. The van der Waals surface area contributed by atoms with Crippen LogP contribution in [0.5, 0.6) is 0 Å². The molecule has 0 aliphatic rings. The summed E-state index contributed by atoms with van der Waals surface area (Å²) in [5, 5.41) is 2.82. The zero-order valence-electron chi connectivity index (χ0n) is 7.22. The van der Waals surface area contributed by atoms with Crippen LogP contribution in [0, 0.1) is 0 Å². The van der Waals surface area contributed by atoms with Crippen molar-refractivity contribution in [2.45, 2.75) is 19.9 Å². The number of ketones is 1. The highest BCUT2D eigenvalue weighted by Gasteiger charge is 2.13. The van der Waals surface area contributed by atoms with Crippen LogP contribution in [0.25, 0.3) is 0 Å². The fourth-order valence-electron chi connectivity index (χ4n) is 0.708. The summed E-state index contributed by atoms with van der Waals surface area (Å²) in [6.45, 7) is 3.36. The van der Waals surface area contributed by atoms with Crippen molar-refractivity contribution in [3.05, 3.63) is 0 Å². The van der Waals surface area contributed by atoms with Gasteiger partial charge in [-0.15, -0.1) is 0 Å². The molecule has 0 aromatic rings. The van der Waals surface area contributed by atoms with Crippen molar-refractivity contribution in [1.82, 2.24) is 5.32 Å². The van der Waals surface area contributed by atoms with E-state index in [1.807, 2.05) is 6.92 Å². The molecule has 0 saturated carbocycles. The summed E-state index contributed by atoms with van der Waals surface area (Å²) >= 11 is 0. The van der Waals surface area contributed by atoms with Gasteiger partial charge in [-0.1, -0.05) is 6.92 Å². The van der Waals surface area contributed by atoms with Crippen molar-refractivity contribution >= 4 is 16.6 Å². The number of likely N-dealkylation sites (N-methyl/N-ethyl adjacent to an activating group) is 1. The van der Waals surface area contributed by atoms with Gasteiger partial charge in [0.1, 0.15) is 5.78 Å². The molecule has 1 N–H and O–H groups in total. The molecule has 2 atom stereocenters. The topological polar surface area (TPSA) is 46.2 Å². The van der Waals surface area contributed by atoms with Gasteiger partial charge in [0.2, 0.25) is 0 Å². The largest absolute Gasteiger partial charge is 0.310 e. The third-order valence-electron chi connectivity index (χ3n) is 1.51. The Labute approximate surface area is 70.0 Å². The van der Waals surface area contributed by atoms with Crippen LogP contribution in [-0.4, -0.2) is 34.6 Å². The van der Waals surface area contributed by atoms with Crippen molar-refractivity contribution in [1.29, 1.82) is 0 Å². The van der Waals surface area contributed by atoms with Gasteiger partial charge in [-0.3, -0.25) is 9.00 Å². The molecule has 0 aliphatic heterocycles. The van der Waals surface area contributed by atoms with Crippen LogP contribution in [0.4, 0.5) is 0 Å². The Morgan fingerprint density at radius 2 is 2.18 bits per heavy atom. The normalized spacial score (nSPS) is 15.9. The van der Waals surface area contributed by atoms with E-state index in [2.05, 4.69) is 5.32 Å². The van der Waals surface area contributed by atoms with E-state index < -0.39 is 10.8 Å². The molecular formula is C7H15NO2S. The van der Waals surface area contributed by atoms with Crippen LogP contribution < -0.4 is 5.32 Å². The van der Waals surface area contributed by atoms with E-state index in [0.29, 0.717) is 11.5 Å². The molecule has 3 nitrogen and oxygen atoms in total. The van der Waals surface area contributed by atoms with E-state index in [4.69, 9.17) is 0 Å². The highest BCUT2D eigenvalue weighted by Crippen LogP contribution is 1.90. The quantitative estimate of drug-likeness (QED) is 0.639. The van der Waals surface area contributed by atoms with E-state index in [-0.39, 0.29) is 11.8 Å². The van der Waals surface area contributed by atoms with Gasteiger partial charge in [0.05, 0.1) is 6.04 Å². The molecule has 0 aromatic carbocycles. The molecule has 0 bridgehead atoms. The highest BCUT2D eigenvalue weighted by atomic mass is 32.2. The number of carbonyl (C=O) groups excluding carboxylic acids is 1. The average molecular weight is 177 g/mol. The number of carbonyl (C=O) groups is 1. The fraction of sp³-hybridized carbons (Fsp3) is 0.857. The summed E-state index contributed by atoms with van der Waals surface area (Å²) in [7, 11) is 0.846. The minimum atomic E-state index is -0.861. The summed E-state index contributed by atoms with van der Waals surface area (Å²) in [6, 6.07) is -0.240. The zero-order valence-corrected chi connectivity index (χ0v) is 8.03. The first kappa shape index (κ1) is 10.8. The smallest absolute Gasteiger partial charge is 0.147 e. The first-order valence-electron chi connectivity index (χ1n) is 3.64. The van der Waals surface area contributed by atoms with Gasteiger partial charge in [-0.2, -0.15) is 0 Å². The first-order chi connectivity index (χ1) is 5.11. The molecule has 0 amide bonds. The van der Waals surface area contributed by atoms with Gasteiger partial charge in [-0.05, 0) is 14.0 Å². The van der Waals surface area contributed by atoms with Gasteiger partial charge in [-0.25, -0.2) is 0 Å². The van der Waals surface area contributed by atoms with E-state index in [1.165, 1.54) is 6.92 Å². The van der Waals surface area contributed by atoms with Gasteiger partial charge >= 0.3 is 0 Å². The van der Waals surface area contributed by atoms with Crippen LogP contribution in [0.3, 0.4) is 0 Å². The lowest BCUT2D eigenvalue weighted by Gasteiger charge is -2.10. The molecule has 0 saturated heterocycles. The Morgan fingerprint density at radius 3 is 2.45 bits per heavy atom. The van der Waals surface area contributed by atoms with E-state index in [0.717, 1.165) is 0 Å². The summed E-state index contributed by atoms with van der Waals surface area (Å²) in [4.78, 5) is 10.8. The predicted molar refractivity (Wildman–Crippen MR) is 47.1 cm³/mol. The molecule has 0 radical (unpaired) electrons. The van der Waals surface area contributed by atoms with Crippen LogP contribution in [0.15, 0.2) is 0 Å². The Hall–Kier alpha value is -0.220. The lowest BCUT2D eigenvalue weighted by molar-refractivity contribution is -0.118. The summed E-state index contributed by atoms with van der Waals surface area (Å²) in [5.74, 6) is 1.10. The van der Waals surface area contributed by atoms with Gasteiger partial charge in [0.25, 0.3) is 0 Å².